The van der Waals surface area contributed by atoms with Gasteiger partial charge in [0.1, 0.15) is 0 Å². The summed E-state index contributed by atoms with van der Waals surface area (Å²) >= 11 is 1.79. The van der Waals surface area contributed by atoms with Crippen LogP contribution in [0.2, 0.25) is 0 Å². The average Bonchev–Trinajstić information content (AvgIpc) is 3.19. The Balaban J connectivity index is 1.31. The van der Waals surface area contributed by atoms with Crippen LogP contribution in [0.4, 0.5) is 0 Å². The van der Waals surface area contributed by atoms with Gasteiger partial charge in [-0.3, -0.25) is 0 Å². The van der Waals surface area contributed by atoms with E-state index in [1.165, 1.54) is 62.7 Å². The second kappa shape index (κ2) is 7.62. The predicted molar refractivity (Wildman–Crippen MR) is 121 cm³/mol. The molecule has 4 aliphatic rings. The van der Waals surface area contributed by atoms with E-state index in [1.807, 2.05) is 0 Å². The lowest BCUT2D eigenvalue weighted by Crippen LogP contribution is -2.49. The van der Waals surface area contributed by atoms with Gasteiger partial charge in [-0.1, -0.05) is 20.3 Å². The maximum Gasteiger partial charge on any atom is 0.0956 e. The first-order chi connectivity index (χ1) is 13.9. The fraction of sp³-hybridized carbons (Fsp3) is 0.885. The van der Waals surface area contributed by atoms with E-state index in [4.69, 9.17) is 4.98 Å². The summed E-state index contributed by atoms with van der Waals surface area (Å²) in [6.45, 7) is 9.29. The van der Waals surface area contributed by atoms with Crippen molar-refractivity contribution in [2.24, 2.45) is 46.8 Å². The van der Waals surface area contributed by atoms with Crippen LogP contribution in [0.3, 0.4) is 0 Å². The van der Waals surface area contributed by atoms with E-state index >= 15 is 0 Å². The molecule has 0 amide bonds. The summed E-state index contributed by atoms with van der Waals surface area (Å²) in [6.07, 6.45) is 13.4. The lowest BCUT2D eigenvalue weighted by Gasteiger charge is -2.56. The third kappa shape index (κ3) is 3.43. The van der Waals surface area contributed by atoms with Gasteiger partial charge in [0.15, 0.2) is 0 Å². The maximum atomic E-state index is 11.3. The first kappa shape index (κ1) is 20.5. The highest BCUT2D eigenvalue weighted by atomic mass is 32.1. The topological polar surface area (TPSA) is 33.1 Å². The molecule has 0 saturated heterocycles. The molecule has 29 heavy (non-hydrogen) atoms. The Kier molecular flexibility index (Phi) is 5.39. The molecule has 3 heteroatoms. The molecule has 4 aliphatic carbocycles. The predicted octanol–water partition coefficient (Wildman–Crippen LogP) is 6.57. The molecule has 0 radical (unpaired) electrons. The fourth-order valence-electron chi connectivity index (χ4n) is 8.71. The Morgan fingerprint density at radius 2 is 1.83 bits per heavy atom. The number of aliphatic hydroxyl groups is 1. The Labute approximate surface area is 181 Å². The second-order valence-corrected chi connectivity index (χ2v) is 12.9. The molecule has 4 saturated carbocycles. The van der Waals surface area contributed by atoms with Crippen LogP contribution in [0.15, 0.2) is 0 Å². The highest BCUT2D eigenvalue weighted by Crippen LogP contribution is 2.65. The first-order valence-electron chi connectivity index (χ1n) is 12.5. The summed E-state index contributed by atoms with van der Waals surface area (Å²) in [5.74, 6) is 6.31. The molecule has 0 bridgehead atoms. The molecule has 4 fully saturated rings. The summed E-state index contributed by atoms with van der Waals surface area (Å²) in [5, 5.41) is 12.4. The minimum absolute atomic E-state index is 0.210. The normalized spacial score (nSPS) is 45.3. The smallest absolute Gasteiger partial charge is 0.0956 e. The van der Waals surface area contributed by atoms with Crippen molar-refractivity contribution < 1.29 is 5.11 Å². The van der Waals surface area contributed by atoms with Crippen LogP contribution in [0.1, 0.15) is 87.2 Å². The van der Waals surface area contributed by atoms with Crippen molar-refractivity contribution in [3.05, 3.63) is 15.6 Å². The van der Waals surface area contributed by atoms with Crippen LogP contribution in [0, 0.1) is 60.7 Å². The summed E-state index contributed by atoms with van der Waals surface area (Å²) in [4.78, 5) is 6.03. The van der Waals surface area contributed by atoms with Gasteiger partial charge in [-0.15, -0.1) is 11.3 Å². The zero-order valence-electron chi connectivity index (χ0n) is 19.0. The van der Waals surface area contributed by atoms with Crippen LogP contribution >= 0.6 is 11.3 Å². The highest BCUT2D eigenvalue weighted by Gasteiger charge is 2.58. The largest absolute Gasteiger partial charge is 0.392 e. The van der Waals surface area contributed by atoms with Crippen molar-refractivity contribution in [3.63, 3.8) is 0 Å². The molecule has 0 aromatic carbocycles. The Morgan fingerprint density at radius 3 is 2.59 bits per heavy atom. The molecule has 0 spiro atoms. The Hall–Kier alpha value is -0.410. The van der Waals surface area contributed by atoms with E-state index in [1.54, 1.807) is 11.3 Å². The molecule has 1 aromatic heterocycles. The van der Waals surface area contributed by atoms with Crippen LogP contribution in [-0.2, 0) is 6.42 Å². The fourth-order valence-corrected chi connectivity index (χ4v) is 9.69. The molecule has 1 N–H and O–H groups in total. The molecular formula is C26H41NOS. The van der Waals surface area contributed by atoms with Crippen LogP contribution in [0.5, 0.6) is 0 Å². The van der Waals surface area contributed by atoms with Crippen molar-refractivity contribution >= 4 is 11.3 Å². The number of aromatic nitrogens is 1. The molecule has 1 heterocycles. The van der Waals surface area contributed by atoms with Gasteiger partial charge in [-0.25, -0.2) is 4.98 Å². The lowest BCUT2D eigenvalue weighted by molar-refractivity contribution is -0.0833. The van der Waals surface area contributed by atoms with Gasteiger partial charge < -0.3 is 5.11 Å². The van der Waals surface area contributed by atoms with E-state index in [0.29, 0.717) is 11.3 Å². The van der Waals surface area contributed by atoms with Crippen molar-refractivity contribution in [3.8, 4) is 0 Å². The van der Waals surface area contributed by atoms with Gasteiger partial charge in [-0.05, 0) is 112 Å². The lowest BCUT2D eigenvalue weighted by atomic mass is 9.49. The number of aliphatic hydroxyl groups excluding tert-OH is 1. The van der Waals surface area contributed by atoms with Gasteiger partial charge in [-0.2, -0.15) is 0 Å². The van der Waals surface area contributed by atoms with Gasteiger partial charge in [0.05, 0.1) is 16.8 Å². The number of fused-ring (bicyclic) bond motifs is 5. The van der Waals surface area contributed by atoms with E-state index in [2.05, 4.69) is 27.7 Å². The highest BCUT2D eigenvalue weighted by molar-refractivity contribution is 7.11. The van der Waals surface area contributed by atoms with Crippen LogP contribution in [-0.4, -0.2) is 16.2 Å². The zero-order chi connectivity index (χ0) is 20.3. The summed E-state index contributed by atoms with van der Waals surface area (Å²) in [6, 6.07) is 0. The van der Waals surface area contributed by atoms with Crippen LogP contribution < -0.4 is 0 Å². The molecule has 5 rings (SSSR count). The molecule has 9 unspecified atom stereocenters. The van der Waals surface area contributed by atoms with Crippen LogP contribution in [0.25, 0.3) is 0 Å². The van der Waals surface area contributed by atoms with Crippen molar-refractivity contribution in [2.45, 2.75) is 98.0 Å². The summed E-state index contributed by atoms with van der Waals surface area (Å²) in [5.41, 5.74) is 1.50. The molecule has 2 nitrogen and oxygen atoms in total. The van der Waals surface area contributed by atoms with Crippen molar-refractivity contribution in [1.29, 1.82) is 0 Å². The third-order valence-corrected chi connectivity index (χ3v) is 11.3. The Morgan fingerprint density at radius 1 is 1.03 bits per heavy atom. The van der Waals surface area contributed by atoms with Gasteiger partial charge in [0.25, 0.3) is 0 Å². The number of thiazole rings is 1. The number of hydrogen-bond donors (Lipinski definition) is 1. The Bertz CT molecular complexity index is 724. The van der Waals surface area contributed by atoms with E-state index in [-0.39, 0.29) is 6.10 Å². The van der Waals surface area contributed by atoms with Gasteiger partial charge >= 0.3 is 0 Å². The second-order valence-electron chi connectivity index (χ2n) is 11.6. The molecule has 1 aromatic rings. The monoisotopic (exact) mass is 415 g/mol. The zero-order valence-corrected chi connectivity index (χ0v) is 19.8. The number of nitrogens with zero attached hydrogens (tertiary/aromatic N) is 1. The van der Waals surface area contributed by atoms with Crippen molar-refractivity contribution in [2.75, 3.05) is 0 Å². The summed E-state index contributed by atoms with van der Waals surface area (Å²) < 4.78 is 0. The van der Waals surface area contributed by atoms with E-state index < -0.39 is 0 Å². The molecule has 0 aliphatic heterocycles. The van der Waals surface area contributed by atoms with E-state index in [9.17, 15) is 5.11 Å². The average molecular weight is 416 g/mol. The quantitative estimate of drug-likeness (QED) is 0.606. The molecule has 9 atom stereocenters. The first-order valence-corrected chi connectivity index (χ1v) is 13.3. The minimum Gasteiger partial charge on any atom is -0.392 e. The number of rotatable bonds is 3. The van der Waals surface area contributed by atoms with Gasteiger partial charge in [0.2, 0.25) is 0 Å². The molecular weight excluding hydrogens is 374 g/mol. The SMILES string of the molecule is Cc1nc(CC(O)C2CCC3C4CCC5CC(C)CCC5C4CCC23C)sc1C. The standard InChI is InChI=1S/C26H41NOS/c1-15-5-7-19-18(13-15)6-8-21-20(19)11-12-26(4)22(21)9-10-23(26)24(28)14-25-27-16(2)17(3)29-25/h15,18-24,28H,5-14H2,1-4H3. The number of aryl methyl sites for hydroxylation is 2. The number of hydrogen-bond acceptors (Lipinski definition) is 3. The maximum absolute atomic E-state index is 11.3. The molecule has 162 valence electrons. The van der Waals surface area contributed by atoms with E-state index in [0.717, 1.165) is 52.6 Å². The third-order valence-electron chi connectivity index (χ3n) is 10.2. The van der Waals surface area contributed by atoms with Gasteiger partial charge in [0, 0.05) is 11.3 Å². The minimum atomic E-state index is -0.210. The summed E-state index contributed by atoms with van der Waals surface area (Å²) in [7, 11) is 0. The van der Waals surface area contributed by atoms with Crippen molar-refractivity contribution in [1.82, 2.24) is 4.98 Å².